The van der Waals surface area contributed by atoms with Crippen LogP contribution < -0.4 is 5.32 Å². The molecule has 1 aromatic rings. The molecule has 1 heterocycles. The van der Waals surface area contributed by atoms with Gasteiger partial charge in [0.25, 0.3) is 0 Å². The smallest absolute Gasteiger partial charge is 0.115 e. The maximum Gasteiger partial charge on any atom is 0.115 e. The minimum atomic E-state index is -0.231. The lowest BCUT2D eigenvalue weighted by Crippen LogP contribution is -2.23. The van der Waals surface area contributed by atoms with E-state index in [9.17, 15) is 0 Å². The summed E-state index contributed by atoms with van der Waals surface area (Å²) in [4.78, 5) is 7.49. The van der Waals surface area contributed by atoms with Crippen LogP contribution in [0.1, 0.15) is 13.8 Å². The second kappa shape index (κ2) is 3.09. The highest BCUT2D eigenvalue weighted by molar-refractivity contribution is 7.81. The molecule has 3 nitrogen and oxygen atoms in total. The number of nitrogens with zero attached hydrogens (tertiary/aromatic N) is 2. The van der Waals surface area contributed by atoms with Crippen molar-refractivity contribution in [1.29, 1.82) is 0 Å². The fourth-order valence-electron chi connectivity index (χ4n) is 0.717. The molecule has 1 rings (SSSR count). The molecule has 0 saturated heterocycles. The summed E-state index contributed by atoms with van der Waals surface area (Å²) in [6.07, 6.45) is 4.92. The van der Waals surface area contributed by atoms with Gasteiger partial charge in [0.1, 0.15) is 6.33 Å². The van der Waals surface area contributed by atoms with E-state index in [-0.39, 0.29) is 4.87 Å². The van der Waals surface area contributed by atoms with E-state index in [0.29, 0.717) is 0 Å². The summed E-state index contributed by atoms with van der Waals surface area (Å²) in [5, 5.41) is 3.12. The van der Waals surface area contributed by atoms with Gasteiger partial charge in [0.05, 0.1) is 23.0 Å². The zero-order chi connectivity index (χ0) is 8.32. The highest BCUT2D eigenvalue weighted by Crippen LogP contribution is 2.15. The molecule has 0 radical (unpaired) electrons. The summed E-state index contributed by atoms with van der Waals surface area (Å²) in [7, 11) is 0. The van der Waals surface area contributed by atoms with Crippen LogP contribution in [-0.2, 0) is 0 Å². The van der Waals surface area contributed by atoms with E-state index in [1.165, 1.54) is 6.33 Å². The monoisotopic (exact) mass is 169 g/mol. The van der Waals surface area contributed by atoms with Crippen LogP contribution in [0.2, 0.25) is 0 Å². The van der Waals surface area contributed by atoms with Crippen LogP contribution in [0.4, 0.5) is 5.69 Å². The molecular formula is C7H11N3S. The normalized spacial score (nSPS) is 11.2. The van der Waals surface area contributed by atoms with Crippen LogP contribution in [0.15, 0.2) is 18.7 Å². The summed E-state index contributed by atoms with van der Waals surface area (Å²) in [5.74, 6) is 0. The Bertz CT molecular complexity index is 217. The van der Waals surface area contributed by atoms with E-state index < -0.39 is 0 Å². The summed E-state index contributed by atoms with van der Waals surface area (Å²) < 4.78 is 0. The van der Waals surface area contributed by atoms with E-state index >= 15 is 0 Å². The van der Waals surface area contributed by atoms with Crippen molar-refractivity contribution in [3.8, 4) is 0 Å². The fourth-order valence-corrected chi connectivity index (χ4v) is 0.846. The molecule has 0 bridgehead atoms. The van der Waals surface area contributed by atoms with Gasteiger partial charge in [0.2, 0.25) is 0 Å². The molecule has 0 unspecified atom stereocenters. The van der Waals surface area contributed by atoms with E-state index in [0.717, 1.165) is 5.69 Å². The average molecular weight is 169 g/mol. The lowest BCUT2D eigenvalue weighted by molar-refractivity contribution is 0.827. The molecule has 0 spiro atoms. The van der Waals surface area contributed by atoms with Gasteiger partial charge in [0, 0.05) is 0 Å². The molecule has 1 aromatic heterocycles. The first-order chi connectivity index (χ1) is 5.08. The van der Waals surface area contributed by atoms with Crippen LogP contribution in [-0.4, -0.2) is 14.8 Å². The Labute approximate surface area is 71.7 Å². The van der Waals surface area contributed by atoms with Gasteiger partial charge < -0.3 is 5.32 Å². The van der Waals surface area contributed by atoms with Crippen molar-refractivity contribution in [1.82, 2.24) is 9.97 Å². The Hall–Kier alpha value is -0.770. The Morgan fingerprint density at radius 3 is 2.36 bits per heavy atom. The molecule has 0 amide bonds. The number of hydrogen-bond donors (Lipinski definition) is 2. The highest BCUT2D eigenvalue weighted by atomic mass is 32.1. The van der Waals surface area contributed by atoms with Crippen molar-refractivity contribution in [2.24, 2.45) is 0 Å². The first-order valence-corrected chi connectivity index (χ1v) is 3.78. The molecule has 0 saturated carbocycles. The minimum Gasteiger partial charge on any atom is -0.369 e. The van der Waals surface area contributed by atoms with Gasteiger partial charge in [-0.05, 0) is 13.8 Å². The van der Waals surface area contributed by atoms with Crippen molar-refractivity contribution < 1.29 is 0 Å². The second-order valence-corrected chi connectivity index (χ2v) is 3.93. The summed E-state index contributed by atoms with van der Waals surface area (Å²) in [5.41, 5.74) is 0.882. The van der Waals surface area contributed by atoms with E-state index in [4.69, 9.17) is 0 Å². The summed E-state index contributed by atoms with van der Waals surface area (Å²) in [6, 6.07) is 0. The van der Waals surface area contributed by atoms with Crippen LogP contribution in [0.25, 0.3) is 0 Å². The molecular weight excluding hydrogens is 158 g/mol. The van der Waals surface area contributed by atoms with Crippen LogP contribution in [0.5, 0.6) is 0 Å². The fraction of sp³-hybridized carbons (Fsp3) is 0.429. The Balaban J connectivity index is 2.66. The number of anilines is 1. The molecule has 4 heteroatoms. The van der Waals surface area contributed by atoms with E-state index in [1.807, 2.05) is 13.8 Å². The third kappa shape index (κ3) is 3.23. The van der Waals surface area contributed by atoms with Gasteiger partial charge in [-0.1, -0.05) is 0 Å². The first kappa shape index (κ1) is 8.33. The number of hydrogen-bond acceptors (Lipinski definition) is 4. The third-order valence-corrected chi connectivity index (χ3v) is 1.12. The number of thiol groups is 1. The van der Waals surface area contributed by atoms with Crippen LogP contribution in [0.3, 0.4) is 0 Å². The summed E-state index contributed by atoms with van der Waals surface area (Å²) in [6.45, 7) is 3.92. The largest absolute Gasteiger partial charge is 0.369 e. The molecule has 0 aliphatic rings. The van der Waals surface area contributed by atoms with Crippen molar-refractivity contribution in [3.05, 3.63) is 18.7 Å². The van der Waals surface area contributed by atoms with Gasteiger partial charge in [-0.25, -0.2) is 9.97 Å². The molecule has 11 heavy (non-hydrogen) atoms. The SMILES string of the molecule is CC(C)(S)Nc1cncnc1. The standard InChI is InChI=1S/C7H11N3S/c1-7(2,11)10-6-3-8-5-9-4-6/h3-5,10-11H,1-2H3. The molecule has 0 aliphatic carbocycles. The maximum atomic E-state index is 4.30. The quantitative estimate of drug-likeness (QED) is 0.521. The minimum absolute atomic E-state index is 0.231. The Morgan fingerprint density at radius 2 is 1.91 bits per heavy atom. The van der Waals surface area contributed by atoms with Gasteiger partial charge >= 0.3 is 0 Å². The predicted molar refractivity (Wildman–Crippen MR) is 48.7 cm³/mol. The zero-order valence-corrected chi connectivity index (χ0v) is 7.47. The highest BCUT2D eigenvalue weighted by Gasteiger charge is 2.09. The van der Waals surface area contributed by atoms with Gasteiger partial charge in [-0.15, -0.1) is 0 Å². The zero-order valence-electron chi connectivity index (χ0n) is 6.57. The molecule has 60 valence electrons. The van der Waals surface area contributed by atoms with Crippen LogP contribution in [0, 0.1) is 0 Å². The topological polar surface area (TPSA) is 37.8 Å². The molecule has 0 aliphatic heterocycles. The Kier molecular flexibility index (Phi) is 2.34. The van der Waals surface area contributed by atoms with Gasteiger partial charge in [-0.2, -0.15) is 12.6 Å². The average Bonchev–Trinajstić information content (AvgIpc) is 1.85. The van der Waals surface area contributed by atoms with Crippen molar-refractivity contribution >= 4 is 18.3 Å². The molecule has 0 aromatic carbocycles. The number of aromatic nitrogens is 2. The van der Waals surface area contributed by atoms with E-state index in [2.05, 4.69) is 27.9 Å². The number of nitrogens with one attached hydrogen (secondary N) is 1. The second-order valence-electron chi connectivity index (χ2n) is 2.81. The summed E-state index contributed by atoms with van der Waals surface area (Å²) >= 11 is 4.30. The molecule has 0 atom stereocenters. The van der Waals surface area contributed by atoms with Gasteiger partial charge in [0.15, 0.2) is 0 Å². The molecule has 0 fully saturated rings. The molecule has 1 N–H and O–H groups in total. The van der Waals surface area contributed by atoms with Crippen molar-refractivity contribution in [2.75, 3.05) is 5.32 Å². The lowest BCUT2D eigenvalue weighted by Gasteiger charge is -2.19. The number of rotatable bonds is 2. The lowest BCUT2D eigenvalue weighted by atomic mass is 10.3. The van der Waals surface area contributed by atoms with Crippen molar-refractivity contribution in [3.63, 3.8) is 0 Å². The van der Waals surface area contributed by atoms with Crippen molar-refractivity contribution in [2.45, 2.75) is 18.7 Å². The van der Waals surface area contributed by atoms with Crippen LogP contribution >= 0.6 is 12.6 Å². The van der Waals surface area contributed by atoms with E-state index in [1.54, 1.807) is 12.4 Å². The Morgan fingerprint density at radius 1 is 1.36 bits per heavy atom. The van der Waals surface area contributed by atoms with Gasteiger partial charge in [-0.3, -0.25) is 0 Å². The predicted octanol–water partition coefficient (Wildman–Crippen LogP) is 1.55. The first-order valence-electron chi connectivity index (χ1n) is 3.33. The maximum absolute atomic E-state index is 4.30. The third-order valence-electron chi connectivity index (χ3n) is 1.01.